The first-order chi connectivity index (χ1) is 6.83. The van der Waals surface area contributed by atoms with Crippen molar-refractivity contribution >= 4 is 12.1 Å². The first-order valence-electron chi connectivity index (χ1n) is 5.00. The fraction of sp³-hybridized carbons (Fsp3) is 0.778. The molecular weight excluding hydrogens is 182 g/mol. The van der Waals surface area contributed by atoms with Crippen LogP contribution in [0.15, 0.2) is 5.16 Å². The molecule has 0 aromatic heterocycles. The van der Waals surface area contributed by atoms with E-state index in [2.05, 4.69) is 15.4 Å². The lowest BCUT2D eigenvalue weighted by Gasteiger charge is -2.26. The van der Waals surface area contributed by atoms with Crippen LogP contribution in [0.2, 0.25) is 0 Å². The Bertz CT molecular complexity index is 200. The summed E-state index contributed by atoms with van der Waals surface area (Å²) >= 11 is 0. The first kappa shape index (κ1) is 11.0. The number of hydrogen-bond donors (Lipinski definition) is 2. The van der Waals surface area contributed by atoms with Gasteiger partial charge in [0, 0.05) is 13.1 Å². The Kier molecular flexibility index (Phi) is 4.99. The maximum Gasteiger partial charge on any atom is 0.265 e. The van der Waals surface area contributed by atoms with E-state index >= 15 is 0 Å². The number of amides is 1. The molecule has 1 aliphatic rings. The molecule has 2 N–H and O–H groups in total. The number of nitrogens with zero attached hydrogens (tertiary/aromatic N) is 2. The van der Waals surface area contributed by atoms with Gasteiger partial charge in [-0.25, -0.2) is 0 Å². The molecule has 80 valence electrons. The third kappa shape index (κ3) is 4.23. The summed E-state index contributed by atoms with van der Waals surface area (Å²) in [6, 6.07) is 0. The smallest absolute Gasteiger partial charge is 0.265 e. The maximum absolute atomic E-state index is 10.8. The van der Waals surface area contributed by atoms with E-state index in [-0.39, 0.29) is 5.91 Å². The summed E-state index contributed by atoms with van der Waals surface area (Å²) in [6.07, 6.45) is 4.70. The molecule has 1 amide bonds. The van der Waals surface area contributed by atoms with Gasteiger partial charge < -0.3 is 15.4 Å². The molecule has 0 bridgehead atoms. The maximum atomic E-state index is 10.8. The fourth-order valence-corrected chi connectivity index (χ4v) is 1.62. The van der Waals surface area contributed by atoms with Gasteiger partial charge in [0.05, 0.1) is 0 Å². The van der Waals surface area contributed by atoms with Gasteiger partial charge in [0.15, 0.2) is 0 Å². The Morgan fingerprint density at radius 1 is 1.43 bits per heavy atom. The molecule has 1 fully saturated rings. The molecule has 1 rings (SSSR count). The van der Waals surface area contributed by atoms with Gasteiger partial charge in [-0.3, -0.25) is 4.79 Å². The molecule has 0 radical (unpaired) electrons. The number of oxime groups is 1. The highest BCUT2D eigenvalue weighted by molar-refractivity contribution is 6.25. The second-order valence-corrected chi connectivity index (χ2v) is 3.44. The quantitative estimate of drug-likeness (QED) is 0.382. The molecule has 0 atom stereocenters. The largest absolute Gasteiger partial charge is 0.411 e. The molecule has 1 aliphatic heterocycles. The highest BCUT2D eigenvalue weighted by Crippen LogP contribution is 2.06. The summed E-state index contributed by atoms with van der Waals surface area (Å²) in [5.74, 6) is -0.343. The number of carbonyl (C=O) groups excluding carboxylic acids is 1. The average Bonchev–Trinajstić information content (AvgIpc) is 2.20. The van der Waals surface area contributed by atoms with E-state index in [1.807, 2.05) is 0 Å². The fourth-order valence-electron chi connectivity index (χ4n) is 1.62. The van der Waals surface area contributed by atoms with E-state index in [4.69, 9.17) is 5.21 Å². The van der Waals surface area contributed by atoms with Gasteiger partial charge in [-0.2, -0.15) is 0 Å². The van der Waals surface area contributed by atoms with Crippen LogP contribution < -0.4 is 5.32 Å². The van der Waals surface area contributed by atoms with Crippen LogP contribution in [0, 0.1) is 0 Å². The summed E-state index contributed by atoms with van der Waals surface area (Å²) in [6.45, 7) is 3.75. The van der Waals surface area contributed by atoms with Gasteiger partial charge in [0.25, 0.3) is 5.91 Å². The van der Waals surface area contributed by atoms with E-state index in [1.165, 1.54) is 19.3 Å². The SMILES string of the molecule is O=C(/C=N/O)NCCN1CCCCC1. The van der Waals surface area contributed by atoms with Crippen LogP contribution in [0.5, 0.6) is 0 Å². The molecule has 0 aromatic rings. The summed E-state index contributed by atoms with van der Waals surface area (Å²) in [5, 5.41) is 13.4. The Hall–Kier alpha value is -1.10. The molecule has 5 heteroatoms. The molecule has 0 unspecified atom stereocenters. The van der Waals surface area contributed by atoms with Crippen molar-refractivity contribution in [3.05, 3.63) is 0 Å². The van der Waals surface area contributed by atoms with Gasteiger partial charge >= 0.3 is 0 Å². The summed E-state index contributed by atoms with van der Waals surface area (Å²) in [5.41, 5.74) is 0. The predicted octanol–water partition coefficient (Wildman–Crippen LogP) is 0.0485. The third-order valence-electron chi connectivity index (χ3n) is 2.35. The Morgan fingerprint density at radius 2 is 2.14 bits per heavy atom. The average molecular weight is 199 g/mol. The molecule has 0 spiro atoms. The van der Waals surface area contributed by atoms with Gasteiger partial charge in [-0.15, -0.1) is 0 Å². The van der Waals surface area contributed by atoms with Gasteiger partial charge in [0.1, 0.15) is 6.21 Å². The van der Waals surface area contributed by atoms with Crippen molar-refractivity contribution in [3.8, 4) is 0 Å². The molecular formula is C9H17N3O2. The van der Waals surface area contributed by atoms with Gasteiger partial charge in [0.2, 0.25) is 0 Å². The van der Waals surface area contributed by atoms with Crippen LogP contribution in [0.3, 0.4) is 0 Å². The molecule has 1 heterocycles. The highest BCUT2D eigenvalue weighted by Gasteiger charge is 2.09. The minimum Gasteiger partial charge on any atom is -0.411 e. The first-order valence-corrected chi connectivity index (χ1v) is 5.00. The zero-order chi connectivity index (χ0) is 10.2. The number of likely N-dealkylation sites (tertiary alicyclic amines) is 1. The molecule has 5 nitrogen and oxygen atoms in total. The lowest BCUT2D eigenvalue weighted by molar-refractivity contribution is -0.114. The number of piperidine rings is 1. The van der Waals surface area contributed by atoms with Gasteiger partial charge in [-0.05, 0) is 25.9 Å². The number of carbonyl (C=O) groups is 1. The molecule has 0 aromatic carbocycles. The van der Waals surface area contributed by atoms with Crippen molar-refractivity contribution < 1.29 is 10.0 Å². The standard InChI is InChI=1S/C9H17N3O2/c13-9(8-11-14)10-4-7-12-5-2-1-3-6-12/h8,14H,1-7H2,(H,10,13)/b11-8+. The summed E-state index contributed by atoms with van der Waals surface area (Å²) in [7, 11) is 0. The number of nitrogens with one attached hydrogen (secondary N) is 1. The predicted molar refractivity (Wildman–Crippen MR) is 53.6 cm³/mol. The second-order valence-electron chi connectivity index (χ2n) is 3.44. The lowest BCUT2D eigenvalue weighted by Crippen LogP contribution is -2.37. The van der Waals surface area contributed by atoms with Crippen molar-refractivity contribution in [1.29, 1.82) is 0 Å². The molecule has 0 aliphatic carbocycles. The van der Waals surface area contributed by atoms with Crippen LogP contribution in [0.4, 0.5) is 0 Å². The lowest BCUT2D eigenvalue weighted by atomic mass is 10.1. The number of rotatable bonds is 4. The molecule has 1 saturated heterocycles. The molecule has 0 saturated carbocycles. The Morgan fingerprint density at radius 3 is 2.79 bits per heavy atom. The van der Waals surface area contributed by atoms with Crippen molar-refractivity contribution in [3.63, 3.8) is 0 Å². The van der Waals surface area contributed by atoms with Gasteiger partial charge in [-0.1, -0.05) is 11.6 Å². The monoisotopic (exact) mass is 199 g/mol. The number of hydrogen-bond acceptors (Lipinski definition) is 4. The zero-order valence-corrected chi connectivity index (χ0v) is 8.28. The van der Waals surface area contributed by atoms with E-state index in [9.17, 15) is 4.79 Å². The topological polar surface area (TPSA) is 64.9 Å². The van der Waals surface area contributed by atoms with E-state index < -0.39 is 0 Å². The van der Waals surface area contributed by atoms with E-state index in [0.717, 1.165) is 25.8 Å². The van der Waals surface area contributed by atoms with E-state index in [0.29, 0.717) is 6.54 Å². The van der Waals surface area contributed by atoms with Crippen molar-refractivity contribution in [1.82, 2.24) is 10.2 Å². The van der Waals surface area contributed by atoms with Crippen LogP contribution >= 0.6 is 0 Å². The van der Waals surface area contributed by atoms with Crippen LogP contribution in [0.1, 0.15) is 19.3 Å². The Balaban J connectivity index is 2.05. The minimum absolute atomic E-state index is 0.343. The van der Waals surface area contributed by atoms with Crippen LogP contribution in [0.25, 0.3) is 0 Å². The highest BCUT2D eigenvalue weighted by atomic mass is 16.4. The molecule has 14 heavy (non-hydrogen) atoms. The third-order valence-corrected chi connectivity index (χ3v) is 2.35. The van der Waals surface area contributed by atoms with Crippen LogP contribution in [-0.4, -0.2) is 48.4 Å². The minimum atomic E-state index is -0.343. The summed E-state index contributed by atoms with van der Waals surface area (Å²) in [4.78, 5) is 13.2. The normalized spacial score (nSPS) is 18.6. The zero-order valence-electron chi connectivity index (χ0n) is 8.28. The van der Waals surface area contributed by atoms with E-state index in [1.54, 1.807) is 0 Å². The Labute approximate surface area is 83.8 Å². The van der Waals surface area contributed by atoms with Crippen molar-refractivity contribution in [2.45, 2.75) is 19.3 Å². The summed E-state index contributed by atoms with van der Waals surface area (Å²) < 4.78 is 0. The van der Waals surface area contributed by atoms with Crippen molar-refractivity contribution in [2.24, 2.45) is 5.16 Å². The van der Waals surface area contributed by atoms with Crippen LogP contribution in [-0.2, 0) is 4.79 Å². The second kappa shape index (κ2) is 6.37. The van der Waals surface area contributed by atoms with Crippen molar-refractivity contribution in [2.75, 3.05) is 26.2 Å².